The van der Waals surface area contributed by atoms with E-state index in [0.717, 1.165) is 11.3 Å². The Morgan fingerprint density at radius 2 is 2.04 bits per heavy atom. The summed E-state index contributed by atoms with van der Waals surface area (Å²) in [4.78, 5) is 30.4. The lowest BCUT2D eigenvalue weighted by molar-refractivity contribution is 0.251. The van der Waals surface area contributed by atoms with Gasteiger partial charge >= 0.3 is 6.03 Å². The van der Waals surface area contributed by atoms with Crippen LogP contribution < -0.4 is 21.5 Å². The van der Waals surface area contributed by atoms with E-state index in [-0.39, 0.29) is 17.6 Å². The van der Waals surface area contributed by atoms with Crippen molar-refractivity contribution in [2.45, 2.75) is 33.2 Å². The molecular weight excluding hydrogens is 368 g/mol. The van der Waals surface area contributed by atoms with Gasteiger partial charge in [0.2, 0.25) is 0 Å². The second-order valence-electron chi connectivity index (χ2n) is 6.35. The predicted molar refractivity (Wildman–Crippen MR) is 108 cm³/mol. The van der Waals surface area contributed by atoms with E-state index in [1.54, 1.807) is 14.0 Å². The van der Waals surface area contributed by atoms with Crippen LogP contribution in [0, 0.1) is 5.41 Å². The minimum atomic E-state index is -0.490. The molecule has 2 aromatic heterocycles. The lowest BCUT2D eigenvalue weighted by Gasteiger charge is -2.18. The summed E-state index contributed by atoms with van der Waals surface area (Å²) in [6, 6.07) is 4.09. The number of halogens is 1. The Labute approximate surface area is 162 Å². The van der Waals surface area contributed by atoms with Gasteiger partial charge < -0.3 is 26.3 Å². The first kappa shape index (κ1) is 20.4. The van der Waals surface area contributed by atoms with Gasteiger partial charge in [-0.25, -0.2) is 9.78 Å². The van der Waals surface area contributed by atoms with E-state index in [1.165, 1.54) is 12.1 Å². The zero-order chi connectivity index (χ0) is 20.1. The molecule has 144 valence electrons. The van der Waals surface area contributed by atoms with Crippen LogP contribution >= 0.6 is 11.6 Å². The number of pyridine rings is 2. The molecular formula is C18H23ClN6O2. The summed E-state index contributed by atoms with van der Waals surface area (Å²) in [5, 5.41) is 16.5. The van der Waals surface area contributed by atoms with Crippen LogP contribution in [-0.2, 0) is 6.54 Å². The highest BCUT2D eigenvalue weighted by molar-refractivity contribution is 6.29. The molecule has 0 unspecified atom stereocenters. The molecule has 5 N–H and O–H groups in total. The van der Waals surface area contributed by atoms with Gasteiger partial charge in [0.1, 0.15) is 10.8 Å². The molecule has 2 aromatic rings. The Balaban J connectivity index is 2.18. The van der Waals surface area contributed by atoms with Crippen LogP contribution in [0.15, 0.2) is 23.0 Å². The van der Waals surface area contributed by atoms with E-state index >= 15 is 0 Å². The fourth-order valence-electron chi connectivity index (χ4n) is 2.63. The molecule has 2 amide bonds. The van der Waals surface area contributed by atoms with Crippen LogP contribution in [0.4, 0.5) is 16.2 Å². The van der Waals surface area contributed by atoms with E-state index in [4.69, 9.17) is 17.0 Å². The molecule has 2 rings (SSSR count). The van der Waals surface area contributed by atoms with Gasteiger partial charge in [0.15, 0.2) is 0 Å². The predicted octanol–water partition coefficient (Wildman–Crippen LogP) is 3.30. The summed E-state index contributed by atoms with van der Waals surface area (Å²) in [6.45, 7) is 5.96. The molecule has 0 radical (unpaired) electrons. The van der Waals surface area contributed by atoms with Crippen LogP contribution in [0.1, 0.15) is 43.6 Å². The van der Waals surface area contributed by atoms with Crippen molar-refractivity contribution in [1.29, 1.82) is 5.41 Å². The standard InChI is InChI=1S/C18H23ClN6O2/c1-9(2)13-5-12(23-16(10(3)20)17(13)21-4)8-22-18(27)24-11-6-14(19)25-15(26)7-11/h5-7,9,20-21H,8H2,1-4H3,(H3,22,24,25,26,27). The number of H-pyrrole nitrogens is 1. The number of hydrogen-bond donors (Lipinski definition) is 5. The Morgan fingerprint density at radius 3 is 2.59 bits per heavy atom. The van der Waals surface area contributed by atoms with Crippen LogP contribution in [0.3, 0.4) is 0 Å². The number of nitrogens with zero attached hydrogens (tertiary/aromatic N) is 1. The average Bonchev–Trinajstić information content (AvgIpc) is 2.57. The first-order valence-corrected chi connectivity index (χ1v) is 8.80. The maximum Gasteiger partial charge on any atom is 0.319 e. The molecule has 0 atom stereocenters. The molecule has 0 aromatic carbocycles. The SMILES string of the molecule is CNc1c(C(C)C)cc(CNC(=O)Nc2cc(Cl)[nH]c(=O)c2)nc1C(C)=N. The summed E-state index contributed by atoms with van der Waals surface area (Å²) >= 11 is 5.77. The molecule has 0 aliphatic heterocycles. The maximum absolute atomic E-state index is 12.1. The third-order valence-electron chi connectivity index (χ3n) is 3.83. The highest BCUT2D eigenvalue weighted by Crippen LogP contribution is 2.28. The van der Waals surface area contributed by atoms with Gasteiger partial charge in [0.05, 0.1) is 29.3 Å². The van der Waals surface area contributed by atoms with Crippen LogP contribution in [0.2, 0.25) is 5.15 Å². The molecule has 0 aliphatic carbocycles. The average molecular weight is 391 g/mol. The largest absolute Gasteiger partial charge is 0.386 e. The highest BCUT2D eigenvalue weighted by atomic mass is 35.5. The fourth-order valence-corrected chi connectivity index (χ4v) is 2.84. The maximum atomic E-state index is 12.1. The van der Waals surface area contributed by atoms with Crippen molar-refractivity contribution in [3.8, 4) is 0 Å². The van der Waals surface area contributed by atoms with Crippen molar-refractivity contribution in [2.75, 3.05) is 17.7 Å². The number of rotatable bonds is 6. The van der Waals surface area contributed by atoms with Gasteiger partial charge in [-0.3, -0.25) is 4.79 Å². The van der Waals surface area contributed by atoms with Gasteiger partial charge in [-0.15, -0.1) is 0 Å². The number of amides is 2. The minimum absolute atomic E-state index is 0.134. The topological polar surface area (TPSA) is 123 Å². The minimum Gasteiger partial charge on any atom is -0.386 e. The summed E-state index contributed by atoms with van der Waals surface area (Å²) < 4.78 is 0. The molecule has 0 saturated carbocycles. The monoisotopic (exact) mass is 390 g/mol. The molecule has 0 aliphatic rings. The van der Waals surface area contributed by atoms with Gasteiger partial charge in [-0.05, 0) is 30.5 Å². The molecule has 2 heterocycles. The summed E-state index contributed by atoms with van der Waals surface area (Å²) in [6.07, 6.45) is 0. The van der Waals surface area contributed by atoms with Gasteiger partial charge in [0.25, 0.3) is 5.56 Å². The highest BCUT2D eigenvalue weighted by Gasteiger charge is 2.16. The molecule has 8 nitrogen and oxygen atoms in total. The molecule has 0 bridgehead atoms. The van der Waals surface area contributed by atoms with E-state index in [1.807, 2.05) is 6.07 Å². The van der Waals surface area contributed by atoms with E-state index in [0.29, 0.717) is 22.8 Å². The quantitative estimate of drug-likeness (QED) is 0.383. The van der Waals surface area contributed by atoms with Crippen molar-refractivity contribution in [2.24, 2.45) is 0 Å². The number of hydrogen-bond acceptors (Lipinski definition) is 5. The third kappa shape index (κ3) is 5.30. The first-order chi connectivity index (χ1) is 12.7. The Kier molecular flexibility index (Phi) is 6.57. The van der Waals surface area contributed by atoms with Crippen LogP contribution in [-0.4, -0.2) is 28.8 Å². The molecule has 9 heteroatoms. The Morgan fingerprint density at radius 1 is 1.33 bits per heavy atom. The lowest BCUT2D eigenvalue weighted by atomic mass is 9.98. The molecule has 0 saturated heterocycles. The molecule has 0 spiro atoms. The van der Waals surface area contributed by atoms with Crippen molar-refractivity contribution >= 4 is 34.7 Å². The number of urea groups is 1. The lowest BCUT2D eigenvalue weighted by Crippen LogP contribution is -2.29. The normalized spacial score (nSPS) is 10.6. The van der Waals surface area contributed by atoms with E-state index < -0.39 is 11.6 Å². The summed E-state index contributed by atoms with van der Waals surface area (Å²) in [5.41, 5.74) is 3.26. The molecule has 0 fully saturated rings. The number of carbonyl (C=O) groups is 1. The zero-order valence-electron chi connectivity index (χ0n) is 15.7. The number of nitrogens with one attached hydrogen (secondary N) is 5. The summed E-state index contributed by atoms with van der Waals surface area (Å²) in [5.74, 6) is 0.222. The van der Waals surface area contributed by atoms with Gasteiger partial charge in [-0.2, -0.15) is 0 Å². The number of aromatic amines is 1. The van der Waals surface area contributed by atoms with Crippen molar-refractivity contribution in [1.82, 2.24) is 15.3 Å². The Bertz CT molecular complexity index is 923. The second kappa shape index (κ2) is 8.68. The van der Waals surface area contributed by atoms with E-state index in [2.05, 4.69) is 39.8 Å². The zero-order valence-corrected chi connectivity index (χ0v) is 16.4. The van der Waals surface area contributed by atoms with Crippen molar-refractivity contribution in [3.05, 3.63) is 50.7 Å². The number of anilines is 2. The number of carbonyl (C=O) groups excluding carboxylic acids is 1. The smallest absolute Gasteiger partial charge is 0.319 e. The number of aromatic nitrogens is 2. The van der Waals surface area contributed by atoms with E-state index in [9.17, 15) is 9.59 Å². The van der Waals surface area contributed by atoms with Crippen LogP contribution in [0.5, 0.6) is 0 Å². The van der Waals surface area contributed by atoms with Gasteiger partial charge in [-0.1, -0.05) is 25.4 Å². The first-order valence-electron chi connectivity index (χ1n) is 8.43. The van der Waals surface area contributed by atoms with Crippen molar-refractivity contribution in [3.63, 3.8) is 0 Å². The van der Waals surface area contributed by atoms with Crippen LogP contribution in [0.25, 0.3) is 0 Å². The fraction of sp³-hybridized carbons (Fsp3) is 0.333. The second-order valence-corrected chi connectivity index (χ2v) is 6.75. The summed E-state index contributed by atoms with van der Waals surface area (Å²) in [7, 11) is 1.80. The van der Waals surface area contributed by atoms with Crippen molar-refractivity contribution < 1.29 is 4.79 Å². The van der Waals surface area contributed by atoms with Gasteiger partial charge in [0, 0.05) is 13.1 Å². The molecule has 27 heavy (non-hydrogen) atoms. The third-order valence-corrected chi connectivity index (χ3v) is 4.03. The Hall–Kier alpha value is -2.87.